The molecule has 0 radical (unpaired) electrons. The van der Waals surface area contributed by atoms with Crippen molar-refractivity contribution in [3.8, 4) is 16.9 Å². The molecule has 2 aromatic rings. The molecule has 1 N–H and O–H groups in total. The predicted octanol–water partition coefficient (Wildman–Crippen LogP) is 4.44. The first kappa shape index (κ1) is 14.4. The average Bonchev–Trinajstić information content (AvgIpc) is 2.74. The van der Waals surface area contributed by atoms with Gasteiger partial charge in [0.25, 0.3) is 0 Å². The Morgan fingerprint density at radius 3 is 2.57 bits per heavy atom. The first-order chi connectivity index (χ1) is 9.98. The molecule has 0 aromatic heterocycles. The molecule has 3 heteroatoms. The quantitative estimate of drug-likeness (QED) is 0.905. The lowest BCUT2D eigenvalue weighted by Crippen LogP contribution is -2.24. The van der Waals surface area contributed by atoms with E-state index in [0.717, 1.165) is 34.9 Å². The largest absolute Gasteiger partial charge is 0.487 e. The Bertz CT molecular complexity index is 679. The van der Waals surface area contributed by atoms with Crippen molar-refractivity contribution in [3.63, 3.8) is 0 Å². The fourth-order valence-electron chi connectivity index (χ4n) is 2.85. The van der Waals surface area contributed by atoms with Gasteiger partial charge in [0.15, 0.2) is 0 Å². The summed E-state index contributed by atoms with van der Waals surface area (Å²) in [5, 5.41) is 3.93. The third-order valence-corrected chi connectivity index (χ3v) is 4.17. The van der Waals surface area contributed by atoms with Gasteiger partial charge in [-0.25, -0.2) is 0 Å². The fourth-order valence-corrected chi connectivity index (χ4v) is 3.10. The van der Waals surface area contributed by atoms with Gasteiger partial charge in [-0.05, 0) is 61.3 Å². The number of ether oxygens (including phenoxy) is 1. The van der Waals surface area contributed by atoms with E-state index in [-0.39, 0.29) is 5.60 Å². The number of hydrogen-bond donors (Lipinski definition) is 1. The summed E-state index contributed by atoms with van der Waals surface area (Å²) in [4.78, 5) is 0. The predicted molar refractivity (Wildman–Crippen MR) is 88.1 cm³/mol. The Morgan fingerprint density at radius 1 is 1.14 bits per heavy atom. The summed E-state index contributed by atoms with van der Waals surface area (Å²) in [6.07, 6.45) is 0.946. The van der Waals surface area contributed by atoms with Gasteiger partial charge in [0.2, 0.25) is 0 Å². The highest BCUT2D eigenvalue weighted by atomic mass is 35.5. The number of rotatable bonds is 3. The van der Waals surface area contributed by atoms with E-state index in [0.29, 0.717) is 0 Å². The zero-order valence-electron chi connectivity index (χ0n) is 12.7. The van der Waals surface area contributed by atoms with Gasteiger partial charge in [-0.3, -0.25) is 0 Å². The van der Waals surface area contributed by atoms with Gasteiger partial charge in [-0.15, -0.1) is 0 Å². The smallest absolute Gasteiger partial charge is 0.123 e. The zero-order chi connectivity index (χ0) is 15.0. The summed E-state index contributed by atoms with van der Waals surface area (Å²) in [5.74, 6) is 1.00. The number of halogens is 1. The number of fused-ring (bicyclic) bond motifs is 1. The van der Waals surface area contributed by atoms with Gasteiger partial charge in [-0.2, -0.15) is 0 Å². The van der Waals surface area contributed by atoms with E-state index < -0.39 is 0 Å². The second-order valence-corrected chi connectivity index (χ2v) is 6.60. The summed E-state index contributed by atoms with van der Waals surface area (Å²) < 4.78 is 5.93. The van der Waals surface area contributed by atoms with Crippen molar-refractivity contribution in [2.24, 2.45) is 0 Å². The average molecular weight is 302 g/mol. The maximum absolute atomic E-state index is 6.36. The molecule has 0 spiro atoms. The molecule has 0 saturated heterocycles. The molecule has 2 nitrogen and oxygen atoms in total. The standard InChI is InChI=1S/C18H20ClNO/c1-18(2)10-15-8-12(6-7-17(15)21-18)13-4-5-14(11-20-3)16(19)9-13/h4-9,20H,10-11H2,1-3H3. The van der Waals surface area contributed by atoms with E-state index in [1.54, 1.807) is 0 Å². The molecule has 0 amide bonds. The van der Waals surface area contributed by atoms with Crippen molar-refractivity contribution < 1.29 is 4.74 Å². The van der Waals surface area contributed by atoms with Crippen LogP contribution < -0.4 is 10.1 Å². The van der Waals surface area contributed by atoms with Gasteiger partial charge in [0.1, 0.15) is 11.4 Å². The Morgan fingerprint density at radius 2 is 1.86 bits per heavy atom. The van der Waals surface area contributed by atoms with E-state index in [9.17, 15) is 0 Å². The minimum atomic E-state index is -0.102. The van der Waals surface area contributed by atoms with E-state index in [1.807, 2.05) is 13.1 Å². The Hall–Kier alpha value is -1.51. The molecule has 0 aliphatic carbocycles. The highest BCUT2D eigenvalue weighted by molar-refractivity contribution is 6.31. The third-order valence-electron chi connectivity index (χ3n) is 3.82. The molecule has 2 aromatic carbocycles. The van der Waals surface area contributed by atoms with Crippen LogP contribution in [0.5, 0.6) is 5.75 Å². The van der Waals surface area contributed by atoms with E-state index in [2.05, 4.69) is 49.5 Å². The molecule has 21 heavy (non-hydrogen) atoms. The Kier molecular flexibility index (Phi) is 3.68. The van der Waals surface area contributed by atoms with Crippen molar-refractivity contribution in [2.45, 2.75) is 32.4 Å². The van der Waals surface area contributed by atoms with Gasteiger partial charge >= 0.3 is 0 Å². The normalized spacial score (nSPS) is 15.6. The zero-order valence-corrected chi connectivity index (χ0v) is 13.4. The van der Waals surface area contributed by atoms with Crippen molar-refractivity contribution in [1.82, 2.24) is 5.32 Å². The topological polar surface area (TPSA) is 21.3 Å². The molecule has 0 atom stereocenters. The van der Waals surface area contributed by atoms with Crippen molar-refractivity contribution in [1.29, 1.82) is 0 Å². The molecule has 0 bridgehead atoms. The molecule has 1 aliphatic heterocycles. The minimum Gasteiger partial charge on any atom is -0.487 e. The molecule has 3 rings (SSSR count). The van der Waals surface area contributed by atoms with Crippen LogP contribution in [0.25, 0.3) is 11.1 Å². The first-order valence-electron chi connectivity index (χ1n) is 7.24. The van der Waals surface area contributed by atoms with Crippen LogP contribution in [0.2, 0.25) is 5.02 Å². The second kappa shape index (κ2) is 5.36. The maximum atomic E-state index is 6.36. The molecule has 0 saturated carbocycles. The van der Waals surface area contributed by atoms with Gasteiger partial charge in [0.05, 0.1) is 0 Å². The number of nitrogens with one attached hydrogen (secondary N) is 1. The minimum absolute atomic E-state index is 0.102. The van der Waals surface area contributed by atoms with Crippen LogP contribution in [0, 0.1) is 0 Å². The molecule has 1 aliphatic rings. The van der Waals surface area contributed by atoms with Crippen molar-refractivity contribution in [3.05, 3.63) is 52.5 Å². The van der Waals surface area contributed by atoms with Crippen molar-refractivity contribution >= 4 is 11.6 Å². The number of hydrogen-bond acceptors (Lipinski definition) is 2. The first-order valence-corrected chi connectivity index (χ1v) is 7.62. The van der Waals surface area contributed by atoms with Crippen LogP contribution in [0.15, 0.2) is 36.4 Å². The van der Waals surface area contributed by atoms with Crippen LogP contribution in [-0.2, 0) is 13.0 Å². The van der Waals surface area contributed by atoms with Crippen LogP contribution in [-0.4, -0.2) is 12.6 Å². The monoisotopic (exact) mass is 301 g/mol. The lowest BCUT2D eigenvalue weighted by atomic mass is 9.97. The van der Waals surface area contributed by atoms with Crippen LogP contribution in [0.4, 0.5) is 0 Å². The Balaban J connectivity index is 1.94. The second-order valence-electron chi connectivity index (χ2n) is 6.20. The highest BCUT2D eigenvalue weighted by Gasteiger charge is 2.29. The lowest BCUT2D eigenvalue weighted by molar-refractivity contribution is 0.138. The van der Waals surface area contributed by atoms with E-state index >= 15 is 0 Å². The third kappa shape index (κ3) is 2.92. The van der Waals surface area contributed by atoms with E-state index in [4.69, 9.17) is 16.3 Å². The molecule has 1 heterocycles. The summed E-state index contributed by atoms with van der Waals surface area (Å²) in [5.41, 5.74) is 4.62. The SMILES string of the molecule is CNCc1ccc(-c2ccc3c(c2)CC(C)(C)O3)cc1Cl. The van der Waals surface area contributed by atoms with Crippen molar-refractivity contribution in [2.75, 3.05) is 7.05 Å². The number of benzene rings is 2. The molecular weight excluding hydrogens is 282 g/mol. The summed E-state index contributed by atoms with van der Waals surface area (Å²) in [7, 11) is 1.92. The summed E-state index contributed by atoms with van der Waals surface area (Å²) >= 11 is 6.36. The van der Waals surface area contributed by atoms with Crippen LogP contribution >= 0.6 is 11.6 Å². The van der Waals surface area contributed by atoms with Crippen LogP contribution in [0.1, 0.15) is 25.0 Å². The van der Waals surface area contributed by atoms with Gasteiger partial charge < -0.3 is 10.1 Å². The summed E-state index contributed by atoms with van der Waals surface area (Å²) in [6, 6.07) is 12.6. The molecule has 0 fully saturated rings. The summed E-state index contributed by atoms with van der Waals surface area (Å²) in [6.45, 7) is 5.03. The highest BCUT2D eigenvalue weighted by Crippen LogP contribution is 2.37. The van der Waals surface area contributed by atoms with Crippen LogP contribution in [0.3, 0.4) is 0 Å². The molecule has 110 valence electrons. The molecule has 0 unspecified atom stereocenters. The lowest BCUT2D eigenvalue weighted by Gasteiger charge is -2.16. The fraction of sp³-hybridized carbons (Fsp3) is 0.333. The van der Waals surface area contributed by atoms with Gasteiger partial charge in [0, 0.05) is 18.0 Å². The maximum Gasteiger partial charge on any atom is 0.123 e. The van der Waals surface area contributed by atoms with Gasteiger partial charge in [-0.1, -0.05) is 29.8 Å². The Labute approximate surface area is 131 Å². The van der Waals surface area contributed by atoms with E-state index in [1.165, 1.54) is 11.1 Å². The molecular formula is C18H20ClNO.